The number of carbonyl (C=O) groups excluding carboxylic acids is 2. The lowest BCUT2D eigenvalue weighted by atomic mass is 10.1. The number of hydrogen-bond acceptors (Lipinski definition) is 6. The fourth-order valence-electron chi connectivity index (χ4n) is 2.94. The third-order valence-electron chi connectivity index (χ3n) is 4.39. The van der Waals surface area contributed by atoms with Crippen molar-refractivity contribution in [1.82, 2.24) is 15.8 Å². The van der Waals surface area contributed by atoms with Gasteiger partial charge in [-0.2, -0.15) is 0 Å². The number of halogens is 1. The summed E-state index contributed by atoms with van der Waals surface area (Å²) in [6.07, 6.45) is 2.48. The monoisotopic (exact) mass is 425 g/mol. The first kappa shape index (κ1) is 20.3. The van der Waals surface area contributed by atoms with Crippen LogP contribution < -0.4 is 10.9 Å². The Balaban J connectivity index is 1.40. The molecule has 3 rings (SSSR count). The fraction of sp³-hybridized carbons (Fsp3) is 0.389. The van der Waals surface area contributed by atoms with Crippen LogP contribution in [0.25, 0.3) is 11.3 Å². The smallest absolute Gasteiger partial charge is 0.238 e. The van der Waals surface area contributed by atoms with Crippen molar-refractivity contribution in [2.24, 2.45) is 5.92 Å². The molecule has 1 saturated heterocycles. The molecular weight excluding hydrogens is 406 g/mol. The Labute approximate surface area is 167 Å². The first-order valence-corrected chi connectivity index (χ1v) is 11.0. The van der Waals surface area contributed by atoms with Gasteiger partial charge in [0.05, 0.1) is 17.7 Å². The average Bonchev–Trinajstić information content (AvgIpc) is 3.25. The van der Waals surface area contributed by atoms with Crippen LogP contribution in [0.3, 0.4) is 0 Å². The number of hydrazine groups is 1. The molecule has 0 radical (unpaired) electrons. The molecule has 1 aliphatic rings. The largest absolute Gasteiger partial charge is 0.441 e. The van der Waals surface area contributed by atoms with Gasteiger partial charge in [0, 0.05) is 29.8 Å². The summed E-state index contributed by atoms with van der Waals surface area (Å²) in [7, 11) is -3.02. The SMILES string of the molecule is O=C(CCc1ncc(-c2ccc(Cl)cc2)o1)NNC(=O)CC1CCS(=O)(=O)C1. The summed E-state index contributed by atoms with van der Waals surface area (Å²) in [5.74, 6) is 0.130. The summed E-state index contributed by atoms with van der Waals surface area (Å²) in [5.41, 5.74) is 5.46. The van der Waals surface area contributed by atoms with E-state index in [9.17, 15) is 18.0 Å². The Kier molecular flexibility index (Phi) is 6.35. The number of oxazole rings is 1. The first-order chi connectivity index (χ1) is 13.3. The normalized spacial score (nSPS) is 18.0. The number of carbonyl (C=O) groups is 2. The molecule has 0 spiro atoms. The minimum atomic E-state index is -3.02. The molecule has 150 valence electrons. The predicted molar refractivity (Wildman–Crippen MR) is 103 cm³/mol. The molecule has 2 N–H and O–H groups in total. The Morgan fingerprint density at radius 3 is 2.57 bits per heavy atom. The zero-order valence-corrected chi connectivity index (χ0v) is 16.6. The second kappa shape index (κ2) is 8.74. The Hall–Kier alpha value is -2.39. The summed E-state index contributed by atoms with van der Waals surface area (Å²) in [5, 5.41) is 0.622. The summed E-state index contributed by atoms with van der Waals surface area (Å²) in [4.78, 5) is 27.8. The number of hydrogen-bond donors (Lipinski definition) is 2. The molecule has 2 aromatic rings. The molecule has 0 saturated carbocycles. The van der Waals surface area contributed by atoms with E-state index in [1.54, 1.807) is 18.3 Å². The van der Waals surface area contributed by atoms with Crippen LogP contribution in [0.4, 0.5) is 0 Å². The van der Waals surface area contributed by atoms with E-state index >= 15 is 0 Å². The van der Waals surface area contributed by atoms with Crippen molar-refractivity contribution in [2.45, 2.75) is 25.7 Å². The van der Waals surface area contributed by atoms with Crippen molar-refractivity contribution in [3.8, 4) is 11.3 Å². The second-order valence-electron chi connectivity index (χ2n) is 6.69. The third kappa shape index (κ3) is 5.80. The zero-order valence-electron chi connectivity index (χ0n) is 15.0. The molecule has 1 aromatic heterocycles. The standard InChI is InChI=1S/C18H20ClN3O5S/c19-14-3-1-13(2-4-14)15-10-20-18(27-15)6-5-16(23)21-22-17(24)9-12-7-8-28(25,26)11-12/h1-4,10,12H,5-9,11H2,(H,21,23)(H,22,24). The van der Waals surface area contributed by atoms with E-state index in [-0.39, 0.29) is 36.7 Å². The topological polar surface area (TPSA) is 118 Å². The van der Waals surface area contributed by atoms with Crippen LogP contribution in [0.1, 0.15) is 25.2 Å². The number of sulfone groups is 1. The van der Waals surface area contributed by atoms with Gasteiger partial charge in [-0.25, -0.2) is 13.4 Å². The van der Waals surface area contributed by atoms with Gasteiger partial charge in [-0.15, -0.1) is 0 Å². The van der Waals surface area contributed by atoms with E-state index in [4.69, 9.17) is 16.0 Å². The highest BCUT2D eigenvalue weighted by atomic mass is 35.5. The average molecular weight is 426 g/mol. The molecule has 28 heavy (non-hydrogen) atoms. The zero-order chi connectivity index (χ0) is 20.1. The van der Waals surface area contributed by atoms with Gasteiger partial charge >= 0.3 is 0 Å². The molecule has 2 heterocycles. The van der Waals surface area contributed by atoms with Crippen molar-refractivity contribution in [3.05, 3.63) is 41.4 Å². The Morgan fingerprint density at radius 2 is 1.89 bits per heavy atom. The van der Waals surface area contributed by atoms with Crippen LogP contribution in [0.2, 0.25) is 5.02 Å². The Bertz CT molecular complexity index is 956. The maximum atomic E-state index is 11.9. The number of benzene rings is 1. The summed E-state index contributed by atoms with van der Waals surface area (Å²) in [6, 6.07) is 7.11. The molecule has 2 amide bonds. The lowest BCUT2D eigenvalue weighted by molar-refractivity contribution is -0.129. The van der Waals surface area contributed by atoms with Crippen LogP contribution in [0.5, 0.6) is 0 Å². The van der Waals surface area contributed by atoms with Gasteiger partial charge in [-0.3, -0.25) is 20.4 Å². The van der Waals surface area contributed by atoms with Crippen LogP contribution in [-0.2, 0) is 25.8 Å². The van der Waals surface area contributed by atoms with E-state index in [1.807, 2.05) is 12.1 Å². The molecule has 0 aliphatic carbocycles. The second-order valence-corrected chi connectivity index (χ2v) is 9.36. The highest BCUT2D eigenvalue weighted by molar-refractivity contribution is 7.91. The van der Waals surface area contributed by atoms with Crippen LogP contribution >= 0.6 is 11.6 Å². The number of rotatable bonds is 6. The van der Waals surface area contributed by atoms with Gasteiger partial charge in [0.1, 0.15) is 0 Å². The van der Waals surface area contributed by atoms with Gasteiger partial charge < -0.3 is 4.42 Å². The van der Waals surface area contributed by atoms with Gasteiger partial charge in [0.25, 0.3) is 0 Å². The molecule has 0 bridgehead atoms. The lowest BCUT2D eigenvalue weighted by Gasteiger charge is -2.09. The predicted octanol–water partition coefficient (Wildman–Crippen LogP) is 1.90. The molecule has 1 aliphatic heterocycles. The molecule has 1 aromatic carbocycles. The van der Waals surface area contributed by atoms with Crippen molar-refractivity contribution in [1.29, 1.82) is 0 Å². The van der Waals surface area contributed by atoms with Crippen molar-refractivity contribution >= 4 is 33.3 Å². The van der Waals surface area contributed by atoms with E-state index in [0.717, 1.165) is 5.56 Å². The minimum absolute atomic E-state index is 0.0223. The molecular formula is C18H20ClN3O5S. The minimum Gasteiger partial charge on any atom is -0.441 e. The summed E-state index contributed by atoms with van der Waals surface area (Å²) < 4.78 is 28.4. The molecule has 1 atom stereocenters. The van der Waals surface area contributed by atoms with Crippen molar-refractivity contribution in [3.63, 3.8) is 0 Å². The molecule has 1 fully saturated rings. The number of nitrogens with zero attached hydrogens (tertiary/aromatic N) is 1. The van der Waals surface area contributed by atoms with Crippen molar-refractivity contribution in [2.75, 3.05) is 11.5 Å². The molecule has 8 nitrogen and oxygen atoms in total. The van der Waals surface area contributed by atoms with E-state index in [0.29, 0.717) is 23.1 Å². The van der Waals surface area contributed by atoms with Gasteiger partial charge in [0.15, 0.2) is 21.5 Å². The number of amides is 2. The summed E-state index contributed by atoms with van der Waals surface area (Å²) >= 11 is 5.85. The Morgan fingerprint density at radius 1 is 1.18 bits per heavy atom. The highest BCUT2D eigenvalue weighted by Gasteiger charge is 2.29. The molecule has 1 unspecified atom stereocenters. The number of aryl methyl sites for hydroxylation is 1. The van der Waals surface area contributed by atoms with E-state index < -0.39 is 21.7 Å². The quantitative estimate of drug-likeness (QED) is 0.682. The highest BCUT2D eigenvalue weighted by Crippen LogP contribution is 2.23. The van der Waals surface area contributed by atoms with Gasteiger partial charge in [-0.05, 0) is 36.6 Å². The number of nitrogens with one attached hydrogen (secondary N) is 2. The first-order valence-electron chi connectivity index (χ1n) is 8.79. The maximum Gasteiger partial charge on any atom is 0.238 e. The van der Waals surface area contributed by atoms with Crippen LogP contribution in [0.15, 0.2) is 34.9 Å². The fourth-order valence-corrected chi connectivity index (χ4v) is 4.93. The van der Waals surface area contributed by atoms with Gasteiger partial charge in [0.2, 0.25) is 11.8 Å². The van der Waals surface area contributed by atoms with Crippen molar-refractivity contribution < 1.29 is 22.4 Å². The van der Waals surface area contributed by atoms with E-state index in [1.165, 1.54) is 0 Å². The molecule has 10 heteroatoms. The van der Waals surface area contributed by atoms with Crippen LogP contribution in [0, 0.1) is 5.92 Å². The third-order valence-corrected chi connectivity index (χ3v) is 6.48. The lowest BCUT2D eigenvalue weighted by Crippen LogP contribution is -2.42. The van der Waals surface area contributed by atoms with Gasteiger partial charge in [-0.1, -0.05) is 11.6 Å². The number of aromatic nitrogens is 1. The summed E-state index contributed by atoms with van der Waals surface area (Å²) in [6.45, 7) is 0. The van der Waals surface area contributed by atoms with Crippen LogP contribution in [-0.4, -0.2) is 36.7 Å². The maximum absolute atomic E-state index is 11.9. The van der Waals surface area contributed by atoms with E-state index in [2.05, 4.69) is 15.8 Å².